The van der Waals surface area contributed by atoms with Gasteiger partial charge in [-0.3, -0.25) is 9.48 Å². The molecule has 1 saturated heterocycles. The van der Waals surface area contributed by atoms with Crippen LogP contribution in [-0.4, -0.2) is 28.8 Å². The molecule has 14 heavy (non-hydrogen) atoms. The van der Waals surface area contributed by atoms with Crippen molar-refractivity contribution >= 4 is 5.78 Å². The van der Waals surface area contributed by atoms with E-state index in [4.69, 9.17) is 4.74 Å². The molecule has 0 aliphatic carbocycles. The molecule has 1 aromatic rings. The fourth-order valence-corrected chi connectivity index (χ4v) is 1.78. The number of carbonyl (C=O) groups is 1. The average Bonchev–Trinajstić information content (AvgIpc) is 2.65. The van der Waals surface area contributed by atoms with Crippen LogP contribution in [0.4, 0.5) is 0 Å². The van der Waals surface area contributed by atoms with Crippen LogP contribution in [0.5, 0.6) is 0 Å². The number of aryl methyl sites for hydroxylation is 1. The molecular formula is C10H14N2O2. The van der Waals surface area contributed by atoms with E-state index in [0.717, 1.165) is 12.8 Å². The predicted molar refractivity (Wildman–Crippen MR) is 51.1 cm³/mol. The number of ketones is 1. The highest BCUT2D eigenvalue weighted by Crippen LogP contribution is 2.19. The Morgan fingerprint density at radius 1 is 1.57 bits per heavy atom. The normalized spacial score (nSPS) is 18.4. The third-order valence-electron chi connectivity index (χ3n) is 2.67. The monoisotopic (exact) mass is 194 g/mol. The van der Waals surface area contributed by atoms with Gasteiger partial charge in [-0.1, -0.05) is 0 Å². The summed E-state index contributed by atoms with van der Waals surface area (Å²) < 4.78 is 6.86. The van der Waals surface area contributed by atoms with E-state index >= 15 is 0 Å². The minimum Gasteiger partial charge on any atom is -0.381 e. The van der Waals surface area contributed by atoms with E-state index in [2.05, 4.69) is 5.10 Å². The summed E-state index contributed by atoms with van der Waals surface area (Å²) in [5.41, 5.74) is 0.705. The minimum atomic E-state index is 0.124. The highest BCUT2D eigenvalue weighted by Gasteiger charge is 2.24. The van der Waals surface area contributed by atoms with Crippen molar-refractivity contribution in [2.24, 2.45) is 13.0 Å². The van der Waals surface area contributed by atoms with Crippen LogP contribution in [0.2, 0.25) is 0 Å². The second kappa shape index (κ2) is 3.92. The molecule has 0 spiro atoms. The van der Waals surface area contributed by atoms with Crippen molar-refractivity contribution in [3.8, 4) is 0 Å². The Kier molecular flexibility index (Phi) is 2.63. The molecule has 0 amide bonds. The molecule has 1 aliphatic rings. The van der Waals surface area contributed by atoms with Gasteiger partial charge in [0.2, 0.25) is 0 Å². The summed E-state index contributed by atoms with van der Waals surface area (Å²) in [4.78, 5) is 12.0. The maximum Gasteiger partial charge on any atom is 0.184 e. The summed E-state index contributed by atoms with van der Waals surface area (Å²) in [6, 6.07) is 1.78. The summed E-state index contributed by atoms with van der Waals surface area (Å²) >= 11 is 0. The molecule has 0 atom stereocenters. The lowest BCUT2D eigenvalue weighted by Crippen LogP contribution is -2.25. The predicted octanol–water partition coefficient (Wildman–Crippen LogP) is 1.03. The molecule has 1 aliphatic heterocycles. The summed E-state index contributed by atoms with van der Waals surface area (Å²) in [5, 5.41) is 4.00. The van der Waals surface area contributed by atoms with Gasteiger partial charge in [0, 0.05) is 32.4 Å². The number of Topliss-reactive ketones (excluding diaryl/α,β-unsaturated/α-hetero) is 1. The van der Waals surface area contributed by atoms with Crippen LogP contribution in [0.1, 0.15) is 23.3 Å². The Balaban J connectivity index is 2.11. The van der Waals surface area contributed by atoms with Gasteiger partial charge in [-0.2, -0.15) is 5.10 Å². The Labute approximate surface area is 82.9 Å². The Morgan fingerprint density at radius 2 is 2.29 bits per heavy atom. The van der Waals surface area contributed by atoms with E-state index in [1.165, 1.54) is 0 Å². The summed E-state index contributed by atoms with van der Waals surface area (Å²) in [6.45, 7) is 1.41. The number of rotatable bonds is 2. The van der Waals surface area contributed by atoms with Gasteiger partial charge in [-0.05, 0) is 18.9 Å². The molecule has 0 aromatic carbocycles. The number of carbonyl (C=O) groups excluding carboxylic acids is 1. The Morgan fingerprint density at radius 3 is 2.86 bits per heavy atom. The maximum absolute atomic E-state index is 12.0. The van der Waals surface area contributed by atoms with Crippen LogP contribution in [-0.2, 0) is 11.8 Å². The zero-order valence-corrected chi connectivity index (χ0v) is 8.27. The van der Waals surface area contributed by atoms with Crippen molar-refractivity contribution in [1.82, 2.24) is 9.78 Å². The lowest BCUT2D eigenvalue weighted by molar-refractivity contribution is 0.0539. The van der Waals surface area contributed by atoms with Gasteiger partial charge >= 0.3 is 0 Å². The zero-order chi connectivity index (χ0) is 9.97. The summed E-state index contributed by atoms with van der Waals surface area (Å²) in [7, 11) is 1.80. The van der Waals surface area contributed by atoms with Gasteiger partial charge in [-0.25, -0.2) is 0 Å². The molecule has 4 nitrogen and oxygen atoms in total. The van der Waals surface area contributed by atoms with E-state index in [9.17, 15) is 4.79 Å². The molecule has 1 fully saturated rings. The van der Waals surface area contributed by atoms with Crippen molar-refractivity contribution in [2.45, 2.75) is 12.8 Å². The van der Waals surface area contributed by atoms with Crippen LogP contribution in [0.25, 0.3) is 0 Å². The maximum atomic E-state index is 12.0. The standard InChI is InChI=1S/C10H14N2O2/c1-12-9(2-5-11-12)10(13)8-3-6-14-7-4-8/h2,5,8H,3-4,6-7H2,1H3. The SMILES string of the molecule is Cn1nccc1C(=O)C1CCOCC1. The fourth-order valence-electron chi connectivity index (χ4n) is 1.78. The van der Waals surface area contributed by atoms with Gasteiger partial charge in [0.05, 0.1) is 0 Å². The van der Waals surface area contributed by atoms with Crippen molar-refractivity contribution < 1.29 is 9.53 Å². The average molecular weight is 194 g/mol. The second-order valence-corrected chi connectivity index (χ2v) is 3.59. The number of aromatic nitrogens is 2. The topological polar surface area (TPSA) is 44.1 Å². The molecule has 0 N–H and O–H groups in total. The number of ether oxygens (including phenoxy) is 1. The van der Waals surface area contributed by atoms with Crippen molar-refractivity contribution in [3.05, 3.63) is 18.0 Å². The first-order chi connectivity index (χ1) is 6.79. The number of nitrogens with zero attached hydrogens (tertiary/aromatic N) is 2. The van der Waals surface area contributed by atoms with Crippen LogP contribution in [0.15, 0.2) is 12.3 Å². The highest BCUT2D eigenvalue weighted by molar-refractivity contribution is 5.96. The van der Waals surface area contributed by atoms with Gasteiger partial charge in [0.1, 0.15) is 5.69 Å². The van der Waals surface area contributed by atoms with Crippen molar-refractivity contribution in [1.29, 1.82) is 0 Å². The quantitative estimate of drug-likeness (QED) is 0.660. The molecule has 0 unspecified atom stereocenters. The van der Waals surface area contributed by atoms with Crippen LogP contribution >= 0.6 is 0 Å². The molecule has 76 valence electrons. The van der Waals surface area contributed by atoms with E-state index in [1.54, 1.807) is 24.0 Å². The molecule has 0 bridgehead atoms. The summed E-state index contributed by atoms with van der Waals surface area (Å²) in [6.07, 6.45) is 3.33. The first-order valence-electron chi connectivity index (χ1n) is 4.89. The van der Waals surface area contributed by atoms with Gasteiger partial charge in [0.15, 0.2) is 5.78 Å². The largest absolute Gasteiger partial charge is 0.381 e. The molecule has 0 saturated carbocycles. The van der Waals surface area contributed by atoms with Crippen molar-refractivity contribution in [2.75, 3.05) is 13.2 Å². The van der Waals surface area contributed by atoms with Crippen LogP contribution < -0.4 is 0 Å². The zero-order valence-electron chi connectivity index (χ0n) is 8.27. The lowest BCUT2D eigenvalue weighted by atomic mass is 9.93. The third kappa shape index (κ3) is 1.70. The first kappa shape index (κ1) is 9.40. The van der Waals surface area contributed by atoms with Crippen LogP contribution in [0.3, 0.4) is 0 Å². The Hall–Kier alpha value is -1.16. The summed E-state index contributed by atoms with van der Waals surface area (Å²) in [5.74, 6) is 0.326. The smallest absolute Gasteiger partial charge is 0.184 e. The molecule has 2 rings (SSSR count). The van der Waals surface area contributed by atoms with E-state index in [0.29, 0.717) is 18.9 Å². The number of hydrogen-bond acceptors (Lipinski definition) is 3. The van der Waals surface area contributed by atoms with E-state index < -0.39 is 0 Å². The van der Waals surface area contributed by atoms with Crippen molar-refractivity contribution in [3.63, 3.8) is 0 Å². The van der Waals surface area contributed by atoms with E-state index in [-0.39, 0.29) is 11.7 Å². The lowest BCUT2D eigenvalue weighted by Gasteiger charge is -2.20. The van der Waals surface area contributed by atoms with Gasteiger partial charge in [-0.15, -0.1) is 0 Å². The first-order valence-corrected chi connectivity index (χ1v) is 4.89. The van der Waals surface area contributed by atoms with Crippen LogP contribution in [0, 0.1) is 5.92 Å². The molecular weight excluding hydrogens is 180 g/mol. The number of hydrogen-bond donors (Lipinski definition) is 0. The molecule has 1 aromatic heterocycles. The molecule has 2 heterocycles. The third-order valence-corrected chi connectivity index (χ3v) is 2.67. The molecule has 0 radical (unpaired) electrons. The highest BCUT2D eigenvalue weighted by atomic mass is 16.5. The minimum absolute atomic E-state index is 0.124. The second-order valence-electron chi connectivity index (χ2n) is 3.59. The fraction of sp³-hybridized carbons (Fsp3) is 0.600. The Bertz CT molecular complexity index is 327. The van der Waals surface area contributed by atoms with E-state index in [1.807, 2.05) is 0 Å². The molecule has 4 heteroatoms. The van der Waals surface area contributed by atoms with Gasteiger partial charge < -0.3 is 4.74 Å². The van der Waals surface area contributed by atoms with Gasteiger partial charge in [0.25, 0.3) is 0 Å².